The van der Waals surface area contributed by atoms with E-state index in [0.717, 1.165) is 29.0 Å². The highest BCUT2D eigenvalue weighted by molar-refractivity contribution is 7.16. The van der Waals surface area contributed by atoms with Crippen molar-refractivity contribution >= 4 is 21.6 Å². The largest absolute Gasteiger partial charge is 0.459 e. The van der Waals surface area contributed by atoms with E-state index in [1.807, 2.05) is 24.7 Å². The van der Waals surface area contributed by atoms with Gasteiger partial charge in [-0.15, -0.1) is 11.3 Å². The van der Waals surface area contributed by atoms with Crippen molar-refractivity contribution < 1.29 is 4.42 Å². The zero-order chi connectivity index (χ0) is 13.2. The number of benzene rings is 1. The van der Waals surface area contributed by atoms with E-state index in [1.165, 1.54) is 4.70 Å². The minimum atomic E-state index is 0.279. The first-order chi connectivity index (χ1) is 9.31. The van der Waals surface area contributed by atoms with E-state index in [0.29, 0.717) is 0 Å². The molecule has 0 fully saturated rings. The Morgan fingerprint density at radius 2 is 2.21 bits per heavy atom. The number of aromatic nitrogens is 1. The van der Waals surface area contributed by atoms with Crippen molar-refractivity contribution in [3.8, 4) is 11.3 Å². The number of hydrogen-bond donors (Lipinski definition) is 1. The summed E-state index contributed by atoms with van der Waals surface area (Å²) in [6.07, 6.45) is 1.01. The molecule has 3 aromatic rings. The van der Waals surface area contributed by atoms with Crippen LogP contribution in [-0.4, -0.2) is 12.0 Å². The number of thiazole rings is 1. The molecule has 19 heavy (non-hydrogen) atoms. The molecule has 1 aromatic carbocycles. The summed E-state index contributed by atoms with van der Waals surface area (Å²) in [4.78, 5) is 4.29. The van der Waals surface area contributed by atoms with Crippen molar-refractivity contribution in [3.63, 3.8) is 0 Å². The summed E-state index contributed by atoms with van der Waals surface area (Å²) in [6, 6.07) is 10.6. The van der Waals surface area contributed by atoms with Gasteiger partial charge in [-0.1, -0.05) is 6.92 Å². The Morgan fingerprint density at radius 3 is 3.00 bits per heavy atom. The van der Waals surface area contributed by atoms with E-state index in [-0.39, 0.29) is 6.04 Å². The van der Waals surface area contributed by atoms with Crippen LogP contribution >= 0.6 is 11.3 Å². The van der Waals surface area contributed by atoms with Crippen LogP contribution in [0.4, 0.5) is 0 Å². The smallest absolute Gasteiger partial charge is 0.134 e. The summed E-state index contributed by atoms with van der Waals surface area (Å²) in [7, 11) is 1.96. The SMILES string of the molecule is CCC(NC)c1ccc(-c2ccc3ncsc3c2)o1. The lowest BCUT2D eigenvalue weighted by Crippen LogP contribution is -2.14. The summed E-state index contributed by atoms with van der Waals surface area (Å²) in [6.45, 7) is 2.15. The zero-order valence-corrected chi connectivity index (χ0v) is 11.8. The maximum Gasteiger partial charge on any atom is 0.134 e. The third kappa shape index (κ3) is 2.29. The molecule has 1 unspecified atom stereocenters. The van der Waals surface area contributed by atoms with Gasteiger partial charge in [0.2, 0.25) is 0 Å². The van der Waals surface area contributed by atoms with Gasteiger partial charge in [0.15, 0.2) is 0 Å². The van der Waals surface area contributed by atoms with Crippen LogP contribution < -0.4 is 5.32 Å². The normalized spacial score (nSPS) is 12.9. The highest BCUT2D eigenvalue weighted by Crippen LogP contribution is 2.29. The molecule has 98 valence electrons. The predicted molar refractivity (Wildman–Crippen MR) is 79.4 cm³/mol. The second-order valence-corrected chi connectivity index (χ2v) is 5.37. The quantitative estimate of drug-likeness (QED) is 0.772. The summed E-state index contributed by atoms with van der Waals surface area (Å²) in [5.74, 6) is 1.91. The molecule has 0 aliphatic carbocycles. The molecule has 0 saturated heterocycles. The molecule has 0 saturated carbocycles. The Hall–Kier alpha value is -1.65. The van der Waals surface area contributed by atoms with E-state index >= 15 is 0 Å². The highest BCUT2D eigenvalue weighted by atomic mass is 32.1. The van der Waals surface area contributed by atoms with Crippen molar-refractivity contribution in [2.45, 2.75) is 19.4 Å². The van der Waals surface area contributed by atoms with Gasteiger partial charge < -0.3 is 9.73 Å². The molecule has 2 heterocycles. The number of hydrogen-bond acceptors (Lipinski definition) is 4. The maximum absolute atomic E-state index is 5.96. The summed E-state index contributed by atoms with van der Waals surface area (Å²) < 4.78 is 7.15. The van der Waals surface area contributed by atoms with Gasteiger partial charge in [0.1, 0.15) is 11.5 Å². The molecule has 0 aliphatic rings. The third-order valence-corrected chi connectivity index (χ3v) is 4.13. The van der Waals surface area contributed by atoms with Gasteiger partial charge in [-0.3, -0.25) is 0 Å². The average Bonchev–Trinajstić information content (AvgIpc) is 3.08. The number of fused-ring (bicyclic) bond motifs is 1. The number of nitrogens with zero attached hydrogens (tertiary/aromatic N) is 1. The van der Waals surface area contributed by atoms with Crippen molar-refractivity contribution in [2.24, 2.45) is 0 Å². The summed E-state index contributed by atoms with van der Waals surface area (Å²) >= 11 is 1.65. The van der Waals surface area contributed by atoms with Gasteiger partial charge in [-0.2, -0.15) is 0 Å². The molecule has 2 aromatic heterocycles. The van der Waals surface area contributed by atoms with E-state index in [1.54, 1.807) is 11.3 Å². The van der Waals surface area contributed by atoms with Crippen LogP contribution in [0.15, 0.2) is 40.3 Å². The lowest BCUT2D eigenvalue weighted by Gasteiger charge is -2.09. The van der Waals surface area contributed by atoms with Crippen LogP contribution in [0.3, 0.4) is 0 Å². The monoisotopic (exact) mass is 272 g/mol. The molecule has 0 bridgehead atoms. The Labute approximate surface area is 116 Å². The molecule has 1 N–H and O–H groups in total. The molecule has 4 heteroatoms. The minimum absolute atomic E-state index is 0.279. The molecule has 0 aliphatic heterocycles. The Kier molecular flexibility index (Phi) is 3.36. The van der Waals surface area contributed by atoms with Gasteiger partial charge in [0.25, 0.3) is 0 Å². The molecule has 1 atom stereocenters. The lowest BCUT2D eigenvalue weighted by atomic mass is 10.1. The topological polar surface area (TPSA) is 38.1 Å². The molecule has 0 radical (unpaired) electrons. The Balaban J connectivity index is 1.97. The molecule has 3 rings (SSSR count). The minimum Gasteiger partial charge on any atom is -0.459 e. The molecular formula is C15H16N2OS. The van der Waals surface area contributed by atoms with Crippen LogP contribution in [0.1, 0.15) is 25.1 Å². The van der Waals surface area contributed by atoms with Crippen LogP contribution in [0.2, 0.25) is 0 Å². The maximum atomic E-state index is 5.96. The molecule has 3 nitrogen and oxygen atoms in total. The Bertz CT molecular complexity index is 682. The number of rotatable bonds is 4. The van der Waals surface area contributed by atoms with Crippen LogP contribution in [0.25, 0.3) is 21.5 Å². The van der Waals surface area contributed by atoms with E-state index in [4.69, 9.17) is 4.42 Å². The first-order valence-corrected chi connectivity index (χ1v) is 7.30. The summed E-state index contributed by atoms with van der Waals surface area (Å²) in [5.41, 5.74) is 4.02. The number of furan rings is 1. The second-order valence-electron chi connectivity index (χ2n) is 4.49. The highest BCUT2D eigenvalue weighted by Gasteiger charge is 2.12. The van der Waals surface area contributed by atoms with Crippen molar-refractivity contribution in [2.75, 3.05) is 7.05 Å². The lowest BCUT2D eigenvalue weighted by molar-refractivity contribution is 0.431. The third-order valence-electron chi connectivity index (χ3n) is 3.34. The van der Waals surface area contributed by atoms with Crippen molar-refractivity contribution in [1.29, 1.82) is 0 Å². The van der Waals surface area contributed by atoms with Crippen LogP contribution in [0, 0.1) is 0 Å². The zero-order valence-electron chi connectivity index (χ0n) is 11.0. The van der Waals surface area contributed by atoms with E-state index in [9.17, 15) is 0 Å². The van der Waals surface area contributed by atoms with Gasteiger partial charge in [0, 0.05) is 5.56 Å². The fourth-order valence-electron chi connectivity index (χ4n) is 2.25. The van der Waals surface area contributed by atoms with E-state index in [2.05, 4.69) is 35.4 Å². The van der Waals surface area contributed by atoms with Crippen LogP contribution in [-0.2, 0) is 0 Å². The van der Waals surface area contributed by atoms with Crippen LogP contribution in [0.5, 0.6) is 0 Å². The fourth-order valence-corrected chi connectivity index (χ4v) is 2.97. The first kappa shape index (κ1) is 12.4. The molecule has 0 amide bonds. The number of nitrogens with one attached hydrogen (secondary N) is 1. The van der Waals surface area contributed by atoms with E-state index < -0.39 is 0 Å². The van der Waals surface area contributed by atoms with Crippen molar-refractivity contribution in [1.82, 2.24) is 10.3 Å². The fraction of sp³-hybridized carbons (Fsp3) is 0.267. The Morgan fingerprint density at radius 1 is 1.32 bits per heavy atom. The van der Waals surface area contributed by atoms with Gasteiger partial charge in [-0.25, -0.2) is 4.98 Å². The van der Waals surface area contributed by atoms with Gasteiger partial charge in [-0.05, 0) is 43.8 Å². The first-order valence-electron chi connectivity index (χ1n) is 6.42. The molecule has 0 spiro atoms. The average molecular weight is 272 g/mol. The second kappa shape index (κ2) is 5.15. The van der Waals surface area contributed by atoms with Gasteiger partial charge >= 0.3 is 0 Å². The van der Waals surface area contributed by atoms with Gasteiger partial charge in [0.05, 0.1) is 21.8 Å². The standard InChI is InChI=1S/C15H16N2OS/c1-3-11(16-2)14-7-6-13(18-14)10-4-5-12-15(8-10)19-9-17-12/h4-9,11,16H,3H2,1-2H3. The molecular weight excluding hydrogens is 256 g/mol. The summed E-state index contributed by atoms with van der Waals surface area (Å²) in [5, 5.41) is 3.26. The van der Waals surface area contributed by atoms with Crippen molar-refractivity contribution in [3.05, 3.63) is 41.6 Å². The predicted octanol–water partition coefficient (Wildman–Crippen LogP) is 4.23.